The fourth-order valence-corrected chi connectivity index (χ4v) is 3.63. The van der Waals surface area contributed by atoms with Gasteiger partial charge >= 0.3 is 5.97 Å². The van der Waals surface area contributed by atoms with Crippen LogP contribution in [0.1, 0.15) is 70.2 Å². The third-order valence-corrected chi connectivity index (χ3v) is 5.05. The third-order valence-electron chi connectivity index (χ3n) is 5.05. The molecule has 0 saturated carbocycles. The Morgan fingerprint density at radius 2 is 1.69 bits per heavy atom. The second-order valence-electron chi connectivity index (χ2n) is 7.21. The summed E-state index contributed by atoms with van der Waals surface area (Å²) in [5.41, 5.74) is 2.75. The highest BCUT2D eigenvalue weighted by molar-refractivity contribution is 6.06. The van der Waals surface area contributed by atoms with Crippen LogP contribution in [0.4, 0.5) is 0 Å². The van der Waals surface area contributed by atoms with Gasteiger partial charge in [-0.2, -0.15) is 0 Å². The topological polar surface area (TPSA) is 68.6 Å². The zero-order chi connectivity index (χ0) is 21.7. The molecule has 0 bridgehead atoms. The van der Waals surface area contributed by atoms with Crippen molar-refractivity contribution in [2.75, 3.05) is 13.2 Å². The molecule has 0 aliphatic carbocycles. The number of carbonyl (C=O) groups is 3. The summed E-state index contributed by atoms with van der Waals surface area (Å²) < 4.78 is 6.98. The minimum Gasteiger partial charge on any atom is -0.461 e. The predicted molar refractivity (Wildman–Crippen MR) is 112 cm³/mol. The highest BCUT2D eigenvalue weighted by Gasteiger charge is 2.29. The second kappa shape index (κ2) is 9.54. The molecule has 0 spiro atoms. The van der Waals surface area contributed by atoms with Gasteiger partial charge in [-0.05, 0) is 59.2 Å². The number of ketones is 1. The quantitative estimate of drug-likeness (QED) is 0.497. The molecule has 2 aromatic rings. The van der Waals surface area contributed by atoms with Gasteiger partial charge in [-0.15, -0.1) is 0 Å². The number of carbonyl (C=O) groups excluding carboxylic acids is 3. The standard InChI is InChI=1S/C23H30N2O4/c1-7-24-17(6)20(16(5)21(24)23(28)29-8-2)19(26)14-25(15(3)4)22(27)18-12-10-9-11-13-18/h9-13,15H,7-8,14H2,1-6H3. The van der Waals surface area contributed by atoms with Gasteiger partial charge in [0.1, 0.15) is 5.69 Å². The van der Waals surface area contributed by atoms with E-state index >= 15 is 0 Å². The van der Waals surface area contributed by atoms with E-state index in [2.05, 4.69) is 0 Å². The van der Waals surface area contributed by atoms with Crippen LogP contribution in [0.3, 0.4) is 0 Å². The number of benzene rings is 1. The Balaban J connectivity index is 2.40. The molecule has 0 aliphatic heterocycles. The molecule has 0 atom stereocenters. The Bertz CT molecular complexity index is 897. The van der Waals surface area contributed by atoms with E-state index in [1.54, 1.807) is 47.6 Å². The van der Waals surface area contributed by atoms with E-state index in [4.69, 9.17) is 4.74 Å². The van der Waals surface area contributed by atoms with Crippen molar-refractivity contribution in [3.63, 3.8) is 0 Å². The van der Waals surface area contributed by atoms with Crippen molar-refractivity contribution in [3.05, 3.63) is 58.4 Å². The molecule has 6 nitrogen and oxygen atoms in total. The number of rotatable bonds is 8. The van der Waals surface area contributed by atoms with Crippen LogP contribution in [0, 0.1) is 13.8 Å². The van der Waals surface area contributed by atoms with Gasteiger partial charge in [-0.3, -0.25) is 9.59 Å². The molecule has 156 valence electrons. The van der Waals surface area contributed by atoms with Crippen molar-refractivity contribution in [1.29, 1.82) is 0 Å². The van der Waals surface area contributed by atoms with Gasteiger partial charge < -0.3 is 14.2 Å². The van der Waals surface area contributed by atoms with Crippen LogP contribution in [-0.2, 0) is 11.3 Å². The molecule has 0 unspecified atom stereocenters. The second-order valence-corrected chi connectivity index (χ2v) is 7.21. The Hall–Kier alpha value is -2.89. The van der Waals surface area contributed by atoms with Gasteiger partial charge in [0.25, 0.3) is 5.91 Å². The van der Waals surface area contributed by atoms with Crippen LogP contribution in [-0.4, -0.2) is 46.3 Å². The molecule has 0 aliphatic rings. The smallest absolute Gasteiger partial charge is 0.355 e. The molecule has 1 aromatic heterocycles. The lowest BCUT2D eigenvalue weighted by molar-refractivity contribution is 0.0512. The third kappa shape index (κ3) is 4.58. The summed E-state index contributed by atoms with van der Waals surface area (Å²) in [6.07, 6.45) is 0. The van der Waals surface area contributed by atoms with Crippen LogP contribution in [0.15, 0.2) is 30.3 Å². The number of Topliss-reactive ketones (excluding diaryl/α,β-unsaturated/α-hetero) is 1. The fourth-order valence-electron chi connectivity index (χ4n) is 3.63. The van der Waals surface area contributed by atoms with Gasteiger partial charge in [-0.25, -0.2) is 4.79 Å². The van der Waals surface area contributed by atoms with E-state index in [1.165, 1.54) is 0 Å². The summed E-state index contributed by atoms with van der Waals surface area (Å²) in [5.74, 6) is -0.810. The van der Waals surface area contributed by atoms with Crippen LogP contribution < -0.4 is 0 Å². The summed E-state index contributed by atoms with van der Waals surface area (Å²) in [7, 11) is 0. The minimum atomic E-state index is -0.435. The molecule has 6 heteroatoms. The first-order valence-electron chi connectivity index (χ1n) is 10.00. The van der Waals surface area contributed by atoms with E-state index in [0.717, 1.165) is 0 Å². The highest BCUT2D eigenvalue weighted by Crippen LogP contribution is 2.24. The van der Waals surface area contributed by atoms with Gasteiger partial charge in [0, 0.05) is 29.4 Å². The SMILES string of the molecule is CCOC(=O)c1c(C)c(C(=O)CN(C(=O)c2ccccc2)C(C)C)c(C)n1CC. The molecule has 1 heterocycles. The van der Waals surface area contributed by atoms with Crippen molar-refractivity contribution in [1.82, 2.24) is 9.47 Å². The molecule has 0 fully saturated rings. The lowest BCUT2D eigenvalue weighted by Gasteiger charge is -2.26. The lowest BCUT2D eigenvalue weighted by Crippen LogP contribution is -2.41. The molecule has 2 rings (SSSR count). The Morgan fingerprint density at radius 3 is 2.21 bits per heavy atom. The van der Waals surface area contributed by atoms with E-state index < -0.39 is 5.97 Å². The lowest BCUT2D eigenvalue weighted by atomic mass is 10.0. The number of amides is 1. The van der Waals surface area contributed by atoms with Crippen LogP contribution >= 0.6 is 0 Å². The Labute approximate surface area is 172 Å². The molecule has 1 amide bonds. The van der Waals surface area contributed by atoms with Gasteiger partial charge in [0.05, 0.1) is 13.2 Å². The fraction of sp³-hybridized carbons (Fsp3) is 0.435. The van der Waals surface area contributed by atoms with Crippen LogP contribution in [0.5, 0.6) is 0 Å². The largest absolute Gasteiger partial charge is 0.461 e. The Morgan fingerprint density at radius 1 is 1.07 bits per heavy atom. The maximum atomic E-state index is 13.2. The van der Waals surface area contributed by atoms with E-state index in [9.17, 15) is 14.4 Å². The highest BCUT2D eigenvalue weighted by atomic mass is 16.5. The molecule has 0 N–H and O–H groups in total. The van der Waals surface area contributed by atoms with Crippen LogP contribution in [0.25, 0.3) is 0 Å². The molecule has 0 saturated heterocycles. The van der Waals surface area contributed by atoms with Crippen LogP contribution in [0.2, 0.25) is 0 Å². The summed E-state index contributed by atoms with van der Waals surface area (Å²) in [4.78, 5) is 40.2. The van der Waals surface area contributed by atoms with Gasteiger partial charge in [-0.1, -0.05) is 18.2 Å². The summed E-state index contributed by atoms with van der Waals surface area (Å²) in [6, 6.07) is 8.78. The molecule has 0 radical (unpaired) electrons. The minimum absolute atomic E-state index is 0.0525. The predicted octanol–water partition coefficient (Wildman–Crippen LogP) is 4.04. The molecular weight excluding hydrogens is 368 g/mol. The molecule has 1 aromatic carbocycles. The number of aromatic nitrogens is 1. The van der Waals surface area contributed by atoms with Crippen molar-refractivity contribution >= 4 is 17.7 Å². The van der Waals surface area contributed by atoms with Gasteiger partial charge in [0.2, 0.25) is 0 Å². The van der Waals surface area contributed by atoms with E-state index in [0.29, 0.717) is 34.6 Å². The average Bonchev–Trinajstić information content (AvgIpc) is 2.95. The van der Waals surface area contributed by atoms with Crippen molar-refractivity contribution in [3.8, 4) is 0 Å². The maximum absolute atomic E-state index is 13.2. The first kappa shape index (κ1) is 22.4. The molecule has 29 heavy (non-hydrogen) atoms. The average molecular weight is 399 g/mol. The summed E-state index contributed by atoms with van der Waals surface area (Å²) in [6.45, 7) is 11.8. The van der Waals surface area contributed by atoms with Gasteiger partial charge in [0.15, 0.2) is 5.78 Å². The zero-order valence-corrected chi connectivity index (χ0v) is 18.1. The number of ether oxygens (including phenoxy) is 1. The zero-order valence-electron chi connectivity index (χ0n) is 18.1. The number of hydrogen-bond acceptors (Lipinski definition) is 4. The number of nitrogens with zero attached hydrogens (tertiary/aromatic N) is 2. The monoisotopic (exact) mass is 398 g/mol. The first-order valence-corrected chi connectivity index (χ1v) is 10.00. The normalized spacial score (nSPS) is 10.9. The summed E-state index contributed by atoms with van der Waals surface area (Å²) >= 11 is 0. The summed E-state index contributed by atoms with van der Waals surface area (Å²) in [5, 5.41) is 0. The van der Waals surface area contributed by atoms with Crippen molar-refractivity contribution in [2.24, 2.45) is 0 Å². The molecular formula is C23H30N2O4. The van der Waals surface area contributed by atoms with Crippen molar-refractivity contribution in [2.45, 2.75) is 54.1 Å². The van der Waals surface area contributed by atoms with E-state index in [1.807, 2.05) is 33.8 Å². The maximum Gasteiger partial charge on any atom is 0.355 e. The Kier molecular flexibility index (Phi) is 7.37. The first-order chi connectivity index (χ1) is 13.7. The van der Waals surface area contributed by atoms with E-state index in [-0.39, 0.29) is 30.9 Å². The van der Waals surface area contributed by atoms with Crippen molar-refractivity contribution < 1.29 is 19.1 Å². The number of esters is 1. The number of hydrogen-bond donors (Lipinski definition) is 0.